The van der Waals surface area contributed by atoms with Gasteiger partial charge in [-0.25, -0.2) is 0 Å². The van der Waals surface area contributed by atoms with Gasteiger partial charge in [0.25, 0.3) is 11.4 Å². The normalized spacial score (nSPS) is 13.9. The van der Waals surface area contributed by atoms with Crippen LogP contribution in [0, 0.1) is 20.2 Å². The van der Waals surface area contributed by atoms with Gasteiger partial charge in [0, 0.05) is 40.8 Å². The standard InChI is InChI=1S/C21H16N2O6/c1-21(2)15-11-13(22(24)25)7-9-17(15)28-19-5-3-4-6-20(19)29-18-10-8-14(23(26)27)12-16(18)21/h3-12H,1-2H3. The van der Waals surface area contributed by atoms with Crippen LogP contribution in [0.1, 0.15) is 25.0 Å². The molecule has 3 aromatic rings. The molecule has 146 valence electrons. The van der Waals surface area contributed by atoms with Crippen molar-refractivity contribution in [2.24, 2.45) is 0 Å². The van der Waals surface area contributed by atoms with Crippen LogP contribution in [0.3, 0.4) is 0 Å². The van der Waals surface area contributed by atoms with Crippen LogP contribution < -0.4 is 9.47 Å². The fourth-order valence-electron chi connectivity index (χ4n) is 3.42. The van der Waals surface area contributed by atoms with Crippen molar-refractivity contribution in [2.75, 3.05) is 0 Å². The second-order valence-electron chi connectivity index (χ2n) is 7.15. The second-order valence-corrected chi connectivity index (χ2v) is 7.15. The third-order valence-corrected chi connectivity index (χ3v) is 4.98. The summed E-state index contributed by atoms with van der Waals surface area (Å²) >= 11 is 0. The summed E-state index contributed by atoms with van der Waals surface area (Å²) in [6.45, 7) is 3.64. The van der Waals surface area contributed by atoms with E-state index in [9.17, 15) is 20.2 Å². The van der Waals surface area contributed by atoms with E-state index >= 15 is 0 Å². The van der Waals surface area contributed by atoms with E-state index in [2.05, 4.69) is 0 Å². The number of nitro groups is 2. The van der Waals surface area contributed by atoms with Crippen LogP contribution >= 0.6 is 0 Å². The molecule has 1 aliphatic heterocycles. The van der Waals surface area contributed by atoms with E-state index in [1.54, 1.807) is 24.3 Å². The van der Waals surface area contributed by atoms with Crippen molar-refractivity contribution in [3.63, 3.8) is 0 Å². The first kappa shape index (κ1) is 18.4. The third-order valence-electron chi connectivity index (χ3n) is 4.98. The molecule has 8 heteroatoms. The molecule has 0 spiro atoms. The van der Waals surface area contributed by atoms with Crippen LogP contribution in [-0.2, 0) is 5.41 Å². The average Bonchev–Trinajstić information content (AvgIpc) is 2.72. The van der Waals surface area contributed by atoms with Crippen molar-refractivity contribution in [3.8, 4) is 23.0 Å². The van der Waals surface area contributed by atoms with Gasteiger partial charge in [0.15, 0.2) is 11.5 Å². The van der Waals surface area contributed by atoms with Gasteiger partial charge in [-0.05, 0) is 24.3 Å². The van der Waals surface area contributed by atoms with Gasteiger partial charge in [-0.2, -0.15) is 0 Å². The fourth-order valence-corrected chi connectivity index (χ4v) is 3.42. The Morgan fingerprint density at radius 1 is 0.690 bits per heavy atom. The molecule has 0 amide bonds. The zero-order chi connectivity index (χ0) is 20.8. The van der Waals surface area contributed by atoms with Gasteiger partial charge >= 0.3 is 0 Å². The van der Waals surface area contributed by atoms with Crippen molar-refractivity contribution in [2.45, 2.75) is 19.3 Å². The van der Waals surface area contributed by atoms with Crippen LogP contribution in [-0.4, -0.2) is 9.85 Å². The Morgan fingerprint density at radius 3 is 1.48 bits per heavy atom. The molecule has 0 N–H and O–H groups in total. The van der Waals surface area contributed by atoms with Crippen molar-refractivity contribution in [3.05, 3.63) is 92.0 Å². The van der Waals surface area contributed by atoms with Gasteiger partial charge in [0.2, 0.25) is 0 Å². The number of fused-ring (bicyclic) bond motifs is 3. The number of hydrogen-bond donors (Lipinski definition) is 0. The lowest BCUT2D eigenvalue weighted by atomic mass is 9.77. The summed E-state index contributed by atoms with van der Waals surface area (Å²) in [6, 6.07) is 15.7. The van der Waals surface area contributed by atoms with E-state index < -0.39 is 15.3 Å². The number of ether oxygens (including phenoxy) is 2. The van der Waals surface area contributed by atoms with Gasteiger partial charge in [-0.1, -0.05) is 26.0 Å². The van der Waals surface area contributed by atoms with Crippen molar-refractivity contribution >= 4 is 11.4 Å². The SMILES string of the molecule is CC1(C)c2cc([N+](=O)[O-])ccc2Oc2ccccc2Oc2ccc([N+](=O)[O-])cc21. The maximum Gasteiger partial charge on any atom is 0.270 e. The third kappa shape index (κ3) is 3.14. The monoisotopic (exact) mass is 392 g/mol. The van der Waals surface area contributed by atoms with Crippen molar-refractivity contribution < 1.29 is 19.3 Å². The van der Waals surface area contributed by atoms with Crippen molar-refractivity contribution in [1.82, 2.24) is 0 Å². The van der Waals surface area contributed by atoms with E-state index in [1.165, 1.54) is 36.4 Å². The van der Waals surface area contributed by atoms with Crippen molar-refractivity contribution in [1.29, 1.82) is 0 Å². The summed E-state index contributed by atoms with van der Waals surface area (Å²) in [7, 11) is 0. The van der Waals surface area contributed by atoms with Crippen LogP contribution in [0.2, 0.25) is 0 Å². The Balaban J connectivity index is 2.05. The molecule has 0 aliphatic carbocycles. The molecule has 0 aromatic heterocycles. The molecule has 0 unspecified atom stereocenters. The summed E-state index contributed by atoms with van der Waals surface area (Å²) in [6.07, 6.45) is 0. The highest BCUT2D eigenvalue weighted by molar-refractivity contribution is 5.60. The maximum absolute atomic E-state index is 11.4. The Bertz CT molecular complexity index is 1070. The lowest BCUT2D eigenvalue weighted by molar-refractivity contribution is -0.385. The molecule has 0 saturated heterocycles. The van der Waals surface area contributed by atoms with Gasteiger partial charge in [-0.3, -0.25) is 20.2 Å². The van der Waals surface area contributed by atoms with Gasteiger partial charge in [0.1, 0.15) is 11.5 Å². The average molecular weight is 392 g/mol. The molecule has 0 radical (unpaired) electrons. The molecule has 1 aliphatic rings. The molecule has 3 aromatic carbocycles. The van der Waals surface area contributed by atoms with E-state index in [0.29, 0.717) is 34.1 Å². The van der Waals surface area contributed by atoms with E-state index in [1.807, 2.05) is 13.8 Å². The maximum atomic E-state index is 11.4. The Morgan fingerprint density at radius 2 is 1.10 bits per heavy atom. The molecule has 4 rings (SSSR count). The Hall–Kier alpha value is -3.94. The van der Waals surface area contributed by atoms with Crippen LogP contribution in [0.4, 0.5) is 11.4 Å². The molecule has 0 atom stereocenters. The number of nitrogens with zero attached hydrogens (tertiary/aromatic N) is 2. The molecule has 29 heavy (non-hydrogen) atoms. The van der Waals surface area contributed by atoms with Gasteiger partial charge in [0.05, 0.1) is 9.85 Å². The van der Waals surface area contributed by atoms with E-state index in [4.69, 9.17) is 9.47 Å². The van der Waals surface area contributed by atoms with Gasteiger partial charge < -0.3 is 9.47 Å². The zero-order valence-corrected chi connectivity index (χ0v) is 15.6. The fraction of sp³-hybridized carbons (Fsp3) is 0.143. The summed E-state index contributed by atoms with van der Waals surface area (Å²) in [5, 5.41) is 22.7. The lowest BCUT2D eigenvalue weighted by Gasteiger charge is -2.28. The van der Waals surface area contributed by atoms with Crippen LogP contribution in [0.25, 0.3) is 0 Å². The highest BCUT2D eigenvalue weighted by Gasteiger charge is 2.34. The van der Waals surface area contributed by atoms with E-state index in [-0.39, 0.29) is 11.4 Å². The smallest absolute Gasteiger partial charge is 0.270 e. The second kappa shape index (κ2) is 6.59. The summed E-state index contributed by atoms with van der Waals surface area (Å²) in [5.74, 6) is 1.70. The van der Waals surface area contributed by atoms with Crippen LogP contribution in [0.15, 0.2) is 60.7 Å². The minimum absolute atomic E-state index is 0.0964. The number of benzene rings is 3. The summed E-state index contributed by atoms with van der Waals surface area (Å²) in [4.78, 5) is 21.7. The molecule has 0 saturated carbocycles. The first-order chi connectivity index (χ1) is 13.8. The predicted octanol–water partition coefficient (Wildman–Crippen LogP) is 5.73. The number of non-ortho nitro benzene ring substituents is 2. The van der Waals surface area contributed by atoms with Crippen LogP contribution in [0.5, 0.6) is 23.0 Å². The molecule has 8 nitrogen and oxygen atoms in total. The molecular formula is C21H16N2O6. The number of rotatable bonds is 2. The highest BCUT2D eigenvalue weighted by Crippen LogP contribution is 2.48. The summed E-state index contributed by atoms with van der Waals surface area (Å²) in [5.41, 5.74) is -0.0331. The summed E-state index contributed by atoms with van der Waals surface area (Å²) < 4.78 is 12.1. The Kier molecular flexibility index (Phi) is 4.19. The van der Waals surface area contributed by atoms with E-state index in [0.717, 1.165) is 0 Å². The molecule has 1 heterocycles. The number of nitro benzene ring substituents is 2. The first-order valence-corrected chi connectivity index (χ1v) is 8.80. The minimum atomic E-state index is -0.884. The largest absolute Gasteiger partial charge is 0.453 e. The topological polar surface area (TPSA) is 105 Å². The molecule has 0 bridgehead atoms. The van der Waals surface area contributed by atoms with Gasteiger partial charge in [-0.15, -0.1) is 0 Å². The highest BCUT2D eigenvalue weighted by atomic mass is 16.6. The minimum Gasteiger partial charge on any atom is -0.453 e. The lowest BCUT2D eigenvalue weighted by Crippen LogP contribution is -2.20. The zero-order valence-electron chi connectivity index (χ0n) is 15.6. The number of para-hydroxylation sites is 2. The first-order valence-electron chi connectivity index (χ1n) is 8.80. The Labute approximate surface area is 165 Å². The molecular weight excluding hydrogens is 376 g/mol. The quantitative estimate of drug-likeness (QED) is 0.407. The number of hydrogen-bond acceptors (Lipinski definition) is 6. The predicted molar refractivity (Wildman–Crippen MR) is 105 cm³/mol. The molecule has 0 fully saturated rings.